The number of hydrogen-bond donors (Lipinski definition) is 0. The zero-order chi connectivity index (χ0) is 15.0. The Morgan fingerprint density at radius 1 is 1.19 bits per heavy atom. The molecule has 1 fully saturated rings. The van der Waals surface area contributed by atoms with E-state index in [-0.39, 0.29) is 11.8 Å². The molecule has 1 aromatic carbocycles. The van der Waals surface area contributed by atoms with Gasteiger partial charge in [0, 0.05) is 37.8 Å². The molecule has 0 atom stereocenters. The number of amides is 2. The van der Waals surface area contributed by atoms with Gasteiger partial charge in [0.05, 0.1) is 0 Å². The molecule has 2 heterocycles. The molecule has 4 heteroatoms. The summed E-state index contributed by atoms with van der Waals surface area (Å²) in [4.78, 5) is 27.9. The molecule has 1 aromatic rings. The molecule has 0 saturated carbocycles. The number of benzene rings is 1. The standard InChI is InChI=1S/C17H22N2O2/c1-12-7-9-19(10-8-12)17(21)14-3-5-15-13(11-14)4-6-16(20)18(15)2/h3,5,11-12H,4,6-10H2,1-2H3. The first-order valence-corrected chi connectivity index (χ1v) is 7.75. The van der Waals surface area contributed by atoms with Gasteiger partial charge in [-0.05, 0) is 48.9 Å². The summed E-state index contributed by atoms with van der Waals surface area (Å²) in [5, 5.41) is 0. The van der Waals surface area contributed by atoms with E-state index in [1.165, 1.54) is 0 Å². The lowest BCUT2D eigenvalue weighted by atomic mass is 9.96. The summed E-state index contributed by atoms with van der Waals surface area (Å²) >= 11 is 0. The molecule has 2 aliphatic rings. The van der Waals surface area contributed by atoms with Crippen molar-refractivity contribution in [1.82, 2.24) is 4.90 Å². The number of carbonyl (C=O) groups is 2. The third kappa shape index (κ3) is 2.67. The molecule has 0 unspecified atom stereocenters. The van der Waals surface area contributed by atoms with Crippen LogP contribution in [0, 0.1) is 5.92 Å². The Morgan fingerprint density at radius 2 is 1.90 bits per heavy atom. The number of hydrogen-bond acceptors (Lipinski definition) is 2. The largest absolute Gasteiger partial charge is 0.339 e. The number of rotatable bonds is 1. The van der Waals surface area contributed by atoms with E-state index in [1.807, 2.05) is 23.1 Å². The van der Waals surface area contributed by atoms with Gasteiger partial charge in [0.25, 0.3) is 5.91 Å². The zero-order valence-electron chi connectivity index (χ0n) is 12.8. The SMILES string of the molecule is CC1CCN(C(=O)c2ccc3c(c2)CCC(=O)N3C)CC1. The average molecular weight is 286 g/mol. The summed E-state index contributed by atoms with van der Waals surface area (Å²) in [6, 6.07) is 5.74. The summed E-state index contributed by atoms with van der Waals surface area (Å²) in [7, 11) is 1.80. The van der Waals surface area contributed by atoms with Crippen LogP contribution in [-0.4, -0.2) is 36.9 Å². The second-order valence-electron chi connectivity index (χ2n) is 6.27. The van der Waals surface area contributed by atoms with E-state index in [2.05, 4.69) is 6.92 Å². The number of carbonyl (C=O) groups excluding carboxylic acids is 2. The van der Waals surface area contributed by atoms with Crippen molar-refractivity contribution in [3.63, 3.8) is 0 Å². The van der Waals surface area contributed by atoms with Crippen molar-refractivity contribution in [3.8, 4) is 0 Å². The van der Waals surface area contributed by atoms with E-state index in [4.69, 9.17) is 0 Å². The van der Waals surface area contributed by atoms with Crippen molar-refractivity contribution in [2.75, 3.05) is 25.0 Å². The summed E-state index contributed by atoms with van der Waals surface area (Å²) in [6.07, 6.45) is 3.45. The first-order valence-electron chi connectivity index (χ1n) is 7.75. The molecule has 3 rings (SSSR count). The number of nitrogens with zero attached hydrogens (tertiary/aromatic N) is 2. The maximum absolute atomic E-state index is 12.6. The topological polar surface area (TPSA) is 40.6 Å². The lowest BCUT2D eigenvalue weighted by molar-refractivity contribution is -0.118. The summed E-state index contributed by atoms with van der Waals surface area (Å²) in [5.41, 5.74) is 2.80. The van der Waals surface area contributed by atoms with Crippen LogP contribution >= 0.6 is 0 Å². The molecule has 1 saturated heterocycles. The minimum atomic E-state index is 0.129. The Hall–Kier alpha value is -1.84. The molecule has 0 N–H and O–H groups in total. The molecular formula is C17H22N2O2. The van der Waals surface area contributed by atoms with Crippen LogP contribution in [0.3, 0.4) is 0 Å². The predicted octanol–water partition coefficient (Wildman–Crippen LogP) is 2.47. The van der Waals surface area contributed by atoms with Crippen molar-refractivity contribution < 1.29 is 9.59 Å². The molecule has 0 spiro atoms. The Kier molecular flexibility index (Phi) is 3.70. The van der Waals surface area contributed by atoms with Gasteiger partial charge in [0.2, 0.25) is 5.91 Å². The zero-order valence-corrected chi connectivity index (χ0v) is 12.8. The number of anilines is 1. The lowest BCUT2D eigenvalue weighted by Crippen LogP contribution is -2.38. The minimum absolute atomic E-state index is 0.129. The average Bonchev–Trinajstić information content (AvgIpc) is 2.51. The molecule has 4 nitrogen and oxygen atoms in total. The maximum atomic E-state index is 12.6. The number of aryl methyl sites for hydroxylation is 1. The normalized spacial score (nSPS) is 19.6. The van der Waals surface area contributed by atoms with Crippen LogP contribution in [0.5, 0.6) is 0 Å². The van der Waals surface area contributed by atoms with Gasteiger partial charge in [-0.1, -0.05) is 6.92 Å². The van der Waals surface area contributed by atoms with Gasteiger partial charge < -0.3 is 9.80 Å². The number of piperidine rings is 1. The quantitative estimate of drug-likeness (QED) is 0.795. The summed E-state index contributed by atoms with van der Waals surface area (Å²) < 4.78 is 0. The fourth-order valence-electron chi connectivity index (χ4n) is 3.18. The Morgan fingerprint density at radius 3 is 2.62 bits per heavy atom. The van der Waals surface area contributed by atoms with Gasteiger partial charge in [-0.2, -0.15) is 0 Å². The van der Waals surface area contributed by atoms with E-state index in [0.29, 0.717) is 6.42 Å². The molecular weight excluding hydrogens is 264 g/mol. The van der Waals surface area contributed by atoms with Crippen LogP contribution in [-0.2, 0) is 11.2 Å². The Bertz CT molecular complexity index is 574. The van der Waals surface area contributed by atoms with Crippen molar-refractivity contribution in [1.29, 1.82) is 0 Å². The van der Waals surface area contributed by atoms with Gasteiger partial charge in [-0.3, -0.25) is 9.59 Å². The van der Waals surface area contributed by atoms with Crippen molar-refractivity contribution in [2.24, 2.45) is 5.92 Å². The van der Waals surface area contributed by atoms with E-state index in [9.17, 15) is 9.59 Å². The van der Waals surface area contributed by atoms with Gasteiger partial charge >= 0.3 is 0 Å². The third-order valence-corrected chi connectivity index (χ3v) is 4.74. The van der Waals surface area contributed by atoms with E-state index in [1.54, 1.807) is 11.9 Å². The van der Waals surface area contributed by atoms with Gasteiger partial charge in [-0.25, -0.2) is 0 Å². The van der Waals surface area contributed by atoms with E-state index in [0.717, 1.165) is 55.1 Å². The third-order valence-electron chi connectivity index (χ3n) is 4.74. The molecule has 2 aliphatic heterocycles. The monoisotopic (exact) mass is 286 g/mol. The molecule has 0 aliphatic carbocycles. The molecule has 0 bridgehead atoms. The van der Waals surface area contributed by atoms with Crippen LogP contribution in [0.15, 0.2) is 18.2 Å². The lowest BCUT2D eigenvalue weighted by Gasteiger charge is -2.31. The van der Waals surface area contributed by atoms with Crippen molar-refractivity contribution >= 4 is 17.5 Å². The van der Waals surface area contributed by atoms with Crippen molar-refractivity contribution in [3.05, 3.63) is 29.3 Å². The maximum Gasteiger partial charge on any atom is 0.253 e. The number of likely N-dealkylation sites (tertiary alicyclic amines) is 1. The first-order chi connectivity index (χ1) is 10.1. The Labute approximate surface area is 125 Å². The predicted molar refractivity (Wildman–Crippen MR) is 82.5 cm³/mol. The van der Waals surface area contributed by atoms with Crippen LogP contribution in [0.1, 0.15) is 42.1 Å². The van der Waals surface area contributed by atoms with E-state index >= 15 is 0 Å². The highest BCUT2D eigenvalue weighted by Crippen LogP contribution is 2.28. The highest BCUT2D eigenvalue weighted by Gasteiger charge is 2.25. The number of fused-ring (bicyclic) bond motifs is 1. The highest BCUT2D eigenvalue weighted by atomic mass is 16.2. The van der Waals surface area contributed by atoms with Gasteiger partial charge in [0.15, 0.2) is 0 Å². The fraction of sp³-hybridized carbons (Fsp3) is 0.529. The Balaban J connectivity index is 1.81. The van der Waals surface area contributed by atoms with Crippen molar-refractivity contribution in [2.45, 2.75) is 32.6 Å². The second kappa shape index (κ2) is 5.51. The summed E-state index contributed by atoms with van der Waals surface area (Å²) in [6.45, 7) is 3.96. The first kappa shape index (κ1) is 14.1. The van der Waals surface area contributed by atoms with Gasteiger partial charge in [0.1, 0.15) is 0 Å². The van der Waals surface area contributed by atoms with E-state index < -0.39 is 0 Å². The van der Waals surface area contributed by atoms with Crippen LogP contribution in [0.4, 0.5) is 5.69 Å². The highest BCUT2D eigenvalue weighted by molar-refractivity contribution is 5.99. The van der Waals surface area contributed by atoms with Gasteiger partial charge in [-0.15, -0.1) is 0 Å². The minimum Gasteiger partial charge on any atom is -0.339 e. The molecule has 21 heavy (non-hydrogen) atoms. The summed E-state index contributed by atoms with van der Waals surface area (Å²) in [5.74, 6) is 0.994. The van der Waals surface area contributed by atoms with Crippen LogP contribution < -0.4 is 4.90 Å². The smallest absolute Gasteiger partial charge is 0.253 e. The van der Waals surface area contributed by atoms with Crippen LogP contribution in [0.2, 0.25) is 0 Å². The molecule has 112 valence electrons. The second-order valence-corrected chi connectivity index (χ2v) is 6.27. The molecule has 2 amide bonds. The molecule has 0 radical (unpaired) electrons. The van der Waals surface area contributed by atoms with Crippen LogP contribution in [0.25, 0.3) is 0 Å². The molecule has 0 aromatic heterocycles. The fourth-order valence-corrected chi connectivity index (χ4v) is 3.18.